The highest BCUT2D eigenvalue weighted by Gasteiger charge is 2.67. The van der Waals surface area contributed by atoms with Crippen molar-refractivity contribution in [1.29, 1.82) is 0 Å². The first-order valence-corrected chi connectivity index (χ1v) is 9.06. The van der Waals surface area contributed by atoms with Crippen LogP contribution in [0.3, 0.4) is 0 Å². The van der Waals surface area contributed by atoms with Crippen LogP contribution in [0.2, 0.25) is 0 Å². The molecule has 3 aliphatic rings. The molecule has 0 bridgehead atoms. The lowest BCUT2D eigenvalue weighted by molar-refractivity contribution is -0.155. The van der Waals surface area contributed by atoms with E-state index in [1.807, 2.05) is 0 Å². The van der Waals surface area contributed by atoms with Crippen LogP contribution in [0, 0.1) is 17.8 Å². The molecule has 4 atom stereocenters. The fourth-order valence-electron chi connectivity index (χ4n) is 3.58. The lowest BCUT2D eigenvalue weighted by Gasteiger charge is -2.49. The minimum Gasteiger partial charge on any atom is -0.477 e. The number of rotatable bonds is 4. The molecule has 2 fully saturated rings. The number of hydrogen-bond donors (Lipinski definition) is 1. The number of sulfone groups is 1. The molecule has 0 aromatic heterocycles. The molecular formula is C14H17NO7S. The first-order valence-electron chi connectivity index (χ1n) is 7.35. The van der Waals surface area contributed by atoms with Gasteiger partial charge in [0.1, 0.15) is 5.70 Å². The van der Waals surface area contributed by atoms with E-state index in [1.165, 1.54) is 6.92 Å². The maximum atomic E-state index is 12.4. The maximum Gasteiger partial charge on any atom is 0.352 e. The van der Waals surface area contributed by atoms with Crippen molar-refractivity contribution in [3.8, 4) is 0 Å². The number of carbonyl (C=O) groups is 3. The summed E-state index contributed by atoms with van der Waals surface area (Å²) < 4.78 is 29.6. The van der Waals surface area contributed by atoms with Crippen molar-refractivity contribution in [1.82, 2.24) is 4.90 Å². The van der Waals surface area contributed by atoms with Crippen LogP contribution in [0.1, 0.15) is 20.3 Å². The summed E-state index contributed by atoms with van der Waals surface area (Å²) in [5.74, 6) is -4.36. The predicted molar refractivity (Wildman–Crippen MR) is 76.5 cm³/mol. The minimum absolute atomic E-state index is 0.151. The molecule has 2 heterocycles. The van der Waals surface area contributed by atoms with Crippen molar-refractivity contribution in [2.24, 2.45) is 17.8 Å². The van der Waals surface area contributed by atoms with Crippen LogP contribution < -0.4 is 0 Å². The van der Waals surface area contributed by atoms with E-state index in [0.717, 1.165) is 4.90 Å². The van der Waals surface area contributed by atoms with E-state index in [4.69, 9.17) is 4.74 Å². The van der Waals surface area contributed by atoms with Crippen LogP contribution in [0.25, 0.3) is 0 Å². The molecule has 3 unspecified atom stereocenters. The molecule has 0 aromatic carbocycles. The van der Waals surface area contributed by atoms with Gasteiger partial charge in [0.05, 0.1) is 24.2 Å². The monoisotopic (exact) mass is 343 g/mol. The van der Waals surface area contributed by atoms with Crippen LogP contribution in [-0.4, -0.2) is 54.0 Å². The number of fused-ring (bicyclic) bond motifs is 1. The zero-order valence-corrected chi connectivity index (χ0v) is 13.5. The Bertz CT molecular complexity index is 738. The van der Waals surface area contributed by atoms with Crippen molar-refractivity contribution in [2.45, 2.75) is 25.6 Å². The van der Waals surface area contributed by atoms with Crippen LogP contribution in [0.15, 0.2) is 11.3 Å². The first kappa shape index (κ1) is 16.0. The average molecular weight is 343 g/mol. The Morgan fingerprint density at radius 3 is 2.61 bits per heavy atom. The molecule has 0 aromatic rings. The molecule has 126 valence electrons. The Morgan fingerprint density at radius 1 is 1.39 bits per heavy atom. The molecule has 0 spiro atoms. The van der Waals surface area contributed by atoms with Crippen LogP contribution in [0.5, 0.6) is 0 Å². The number of esters is 1. The summed E-state index contributed by atoms with van der Waals surface area (Å²) in [6.07, 6.45) is 0.403. The van der Waals surface area contributed by atoms with Crippen molar-refractivity contribution in [3.05, 3.63) is 11.3 Å². The van der Waals surface area contributed by atoms with Gasteiger partial charge in [0.15, 0.2) is 15.2 Å². The fraction of sp³-hybridized carbons (Fsp3) is 0.643. The van der Waals surface area contributed by atoms with E-state index in [9.17, 15) is 27.9 Å². The minimum atomic E-state index is -3.66. The molecule has 9 heteroatoms. The number of β-lactam (4-membered cyclic amide) rings is 1. The zero-order chi connectivity index (χ0) is 17.1. The fourth-order valence-corrected chi connectivity index (χ4v) is 5.79. The first-order chi connectivity index (χ1) is 10.7. The van der Waals surface area contributed by atoms with Gasteiger partial charge in [0.25, 0.3) is 0 Å². The molecule has 1 amide bonds. The summed E-state index contributed by atoms with van der Waals surface area (Å²) in [5.41, 5.74) is -0.0994. The molecular weight excluding hydrogens is 326 g/mol. The van der Waals surface area contributed by atoms with Gasteiger partial charge in [-0.2, -0.15) is 0 Å². The second-order valence-corrected chi connectivity index (χ2v) is 8.22. The Morgan fingerprint density at radius 2 is 2.04 bits per heavy atom. The summed E-state index contributed by atoms with van der Waals surface area (Å²) in [6, 6.07) is 0. The molecule has 1 saturated heterocycles. The molecule has 0 radical (unpaired) electrons. The highest BCUT2D eigenvalue weighted by molar-refractivity contribution is 7.92. The van der Waals surface area contributed by atoms with E-state index in [2.05, 4.69) is 0 Å². The lowest BCUT2D eigenvalue weighted by atomic mass is 9.90. The van der Waals surface area contributed by atoms with Gasteiger partial charge in [0.2, 0.25) is 5.91 Å². The maximum absolute atomic E-state index is 12.4. The number of hydrogen-bond acceptors (Lipinski definition) is 6. The number of carbonyl (C=O) groups excluding carboxylic acids is 2. The van der Waals surface area contributed by atoms with Crippen LogP contribution in [-0.2, 0) is 29.0 Å². The molecule has 23 heavy (non-hydrogen) atoms. The number of carboxylic acid groups (broad SMARTS) is 1. The van der Waals surface area contributed by atoms with Crippen molar-refractivity contribution in [2.75, 3.05) is 12.4 Å². The number of amides is 1. The van der Waals surface area contributed by atoms with Crippen molar-refractivity contribution < 1.29 is 32.6 Å². The molecule has 2 aliphatic heterocycles. The molecule has 1 saturated carbocycles. The van der Waals surface area contributed by atoms with E-state index in [1.54, 1.807) is 6.92 Å². The SMILES string of the molecule is CCOC(=O)C1CC1C1C(=O)N2C(C(=O)O)=C(C)CS(=O)(=O)[C@@H]12. The highest BCUT2D eigenvalue weighted by atomic mass is 32.2. The molecule has 1 aliphatic carbocycles. The molecule has 1 N–H and O–H groups in total. The third-order valence-electron chi connectivity index (χ3n) is 4.61. The van der Waals surface area contributed by atoms with Crippen molar-refractivity contribution in [3.63, 3.8) is 0 Å². The standard InChI is InChI=1S/C14H17NO7S/c1-3-22-14(19)8-4-7(8)9-11(16)15-10(13(17)18)6(2)5-23(20,21)12(9)15/h7-9,12H,3-5H2,1-2H3,(H,17,18)/t7?,8?,9?,12-/m0/s1. The van der Waals surface area contributed by atoms with Crippen LogP contribution in [0.4, 0.5) is 0 Å². The number of nitrogens with zero attached hydrogens (tertiary/aromatic N) is 1. The van der Waals surface area contributed by atoms with Gasteiger partial charge in [0, 0.05) is 0 Å². The van der Waals surface area contributed by atoms with E-state index < -0.39 is 44.9 Å². The Kier molecular flexibility index (Phi) is 3.51. The highest BCUT2D eigenvalue weighted by Crippen LogP contribution is 2.54. The molecule has 3 rings (SSSR count). The van der Waals surface area contributed by atoms with Crippen molar-refractivity contribution >= 4 is 27.7 Å². The normalized spacial score (nSPS) is 34.5. The summed E-state index contributed by atoms with van der Waals surface area (Å²) in [4.78, 5) is 36.3. The molecule has 8 nitrogen and oxygen atoms in total. The summed E-state index contributed by atoms with van der Waals surface area (Å²) >= 11 is 0. The Balaban J connectivity index is 1.88. The quantitative estimate of drug-likeness (QED) is 0.552. The lowest BCUT2D eigenvalue weighted by Crippen LogP contribution is -2.67. The van der Waals surface area contributed by atoms with Crippen LogP contribution >= 0.6 is 0 Å². The van der Waals surface area contributed by atoms with E-state index in [-0.39, 0.29) is 29.5 Å². The van der Waals surface area contributed by atoms with Gasteiger partial charge in [-0.05, 0) is 31.8 Å². The van der Waals surface area contributed by atoms with Gasteiger partial charge in [-0.25, -0.2) is 13.2 Å². The summed E-state index contributed by atoms with van der Waals surface area (Å²) in [7, 11) is -3.66. The third-order valence-corrected chi connectivity index (χ3v) is 6.68. The van der Waals surface area contributed by atoms with E-state index >= 15 is 0 Å². The zero-order valence-electron chi connectivity index (χ0n) is 12.7. The third kappa shape index (κ3) is 2.25. The van der Waals surface area contributed by atoms with Gasteiger partial charge < -0.3 is 9.84 Å². The Hall–Kier alpha value is -1.90. The number of carboxylic acids is 1. The number of aliphatic carboxylic acids is 1. The second kappa shape index (κ2) is 5.05. The number of ether oxygens (including phenoxy) is 1. The summed E-state index contributed by atoms with van der Waals surface area (Å²) in [5, 5.41) is 8.08. The topological polar surface area (TPSA) is 118 Å². The largest absolute Gasteiger partial charge is 0.477 e. The van der Waals surface area contributed by atoms with Gasteiger partial charge >= 0.3 is 11.9 Å². The smallest absolute Gasteiger partial charge is 0.352 e. The average Bonchev–Trinajstić information content (AvgIpc) is 3.19. The predicted octanol–water partition coefficient (Wildman–Crippen LogP) is -0.243. The van der Waals surface area contributed by atoms with Gasteiger partial charge in [-0.1, -0.05) is 0 Å². The summed E-state index contributed by atoms with van der Waals surface area (Å²) in [6.45, 7) is 3.29. The van der Waals surface area contributed by atoms with E-state index in [0.29, 0.717) is 6.42 Å². The van der Waals surface area contributed by atoms with Gasteiger partial charge in [-0.3, -0.25) is 14.5 Å². The second-order valence-electron chi connectivity index (χ2n) is 6.12. The Labute approximate surface area is 133 Å². The van der Waals surface area contributed by atoms with Gasteiger partial charge in [-0.15, -0.1) is 0 Å².